The Morgan fingerprint density at radius 2 is 1.86 bits per heavy atom. The molecule has 21 heavy (non-hydrogen) atoms. The van der Waals surface area contributed by atoms with E-state index in [1.165, 1.54) is 23.5 Å². The number of rotatable bonds is 6. The van der Waals surface area contributed by atoms with Gasteiger partial charge in [-0.05, 0) is 30.5 Å². The SMILES string of the molecule is CC(C)C(N)CCN(C)S(=O)(=O)c1cc(Cl)ccc1Cl.Cl. The summed E-state index contributed by atoms with van der Waals surface area (Å²) in [7, 11) is -2.14. The van der Waals surface area contributed by atoms with Crippen LogP contribution in [-0.4, -0.2) is 32.4 Å². The zero-order valence-electron chi connectivity index (χ0n) is 12.2. The van der Waals surface area contributed by atoms with Gasteiger partial charge in [-0.15, -0.1) is 12.4 Å². The van der Waals surface area contributed by atoms with Gasteiger partial charge in [-0.3, -0.25) is 0 Å². The summed E-state index contributed by atoms with van der Waals surface area (Å²) in [5, 5.41) is 0.495. The number of sulfonamides is 1. The van der Waals surface area contributed by atoms with E-state index in [0.29, 0.717) is 23.9 Å². The summed E-state index contributed by atoms with van der Waals surface area (Å²) in [6.07, 6.45) is 0.589. The molecule has 0 saturated carbocycles. The molecular formula is C13H21Cl3N2O2S. The Balaban J connectivity index is 0.00000400. The van der Waals surface area contributed by atoms with Gasteiger partial charge < -0.3 is 5.73 Å². The van der Waals surface area contributed by atoms with Gasteiger partial charge in [0, 0.05) is 24.7 Å². The molecule has 0 aliphatic rings. The molecule has 1 aromatic rings. The van der Waals surface area contributed by atoms with E-state index >= 15 is 0 Å². The summed E-state index contributed by atoms with van der Waals surface area (Å²) in [5.41, 5.74) is 5.93. The quantitative estimate of drug-likeness (QED) is 0.828. The topological polar surface area (TPSA) is 63.4 Å². The lowest BCUT2D eigenvalue weighted by Crippen LogP contribution is -2.34. The van der Waals surface area contributed by atoms with Gasteiger partial charge in [0.1, 0.15) is 4.90 Å². The van der Waals surface area contributed by atoms with Crippen LogP contribution in [0.1, 0.15) is 20.3 Å². The number of halogens is 3. The molecule has 0 bridgehead atoms. The molecule has 0 fully saturated rings. The maximum atomic E-state index is 12.4. The minimum Gasteiger partial charge on any atom is -0.327 e. The van der Waals surface area contributed by atoms with Crippen LogP contribution < -0.4 is 5.73 Å². The second kappa shape index (κ2) is 8.56. The first-order valence-corrected chi connectivity index (χ1v) is 8.53. The van der Waals surface area contributed by atoms with Crippen LogP contribution in [0.25, 0.3) is 0 Å². The minimum atomic E-state index is -3.65. The molecule has 0 radical (unpaired) electrons. The van der Waals surface area contributed by atoms with E-state index in [1.54, 1.807) is 6.07 Å². The van der Waals surface area contributed by atoms with Crippen molar-refractivity contribution in [3.05, 3.63) is 28.2 Å². The van der Waals surface area contributed by atoms with Crippen molar-refractivity contribution >= 4 is 45.6 Å². The summed E-state index contributed by atoms with van der Waals surface area (Å²) in [6.45, 7) is 4.35. The molecule has 0 spiro atoms. The lowest BCUT2D eigenvalue weighted by atomic mass is 10.0. The standard InChI is InChI=1S/C13H20Cl2N2O2S.ClH/c1-9(2)12(16)6-7-17(3)20(18,19)13-8-10(14)4-5-11(13)15;/h4-5,8-9,12H,6-7,16H2,1-3H3;1H. The van der Waals surface area contributed by atoms with Crippen LogP contribution in [0.5, 0.6) is 0 Å². The van der Waals surface area contributed by atoms with Gasteiger partial charge in [0.2, 0.25) is 10.0 Å². The Labute approximate surface area is 143 Å². The monoisotopic (exact) mass is 374 g/mol. The second-order valence-electron chi connectivity index (χ2n) is 5.10. The molecule has 1 aromatic carbocycles. The van der Waals surface area contributed by atoms with Crippen LogP contribution in [0, 0.1) is 5.92 Å². The van der Waals surface area contributed by atoms with Crippen molar-refractivity contribution in [1.82, 2.24) is 4.31 Å². The highest BCUT2D eigenvalue weighted by molar-refractivity contribution is 7.89. The van der Waals surface area contributed by atoms with E-state index in [2.05, 4.69) is 0 Å². The highest BCUT2D eigenvalue weighted by atomic mass is 35.5. The third-order valence-electron chi connectivity index (χ3n) is 3.22. The maximum absolute atomic E-state index is 12.4. The molecule has 1 unspecified atom stereocenters. The molecule has 0 amide bonds. The van der Waals surface area contributed by atoms with E-state index in [9.17, 15) is 8.42 Å². The third-order valence-corrected chi connectivity index (χ3v) is 5.79. The minimum absolute atomic E-state index is 0. The van der Waals surface area contributed by atoms with E-state index in [-0.39, 0.29) is 28.4 Å². The molecule has 0 aromatic heterocycles. The summed E-state index contributed by atoms with van der Waals surface area (Å²) in [4.78, 5) is 0.0206. The first-order chi connectivity index (χ1) is 9.16. The zero-order valence-corrected chi connectivity index (χ0v) is 15.4. The van der Waals surface area contributed by atoms with Crippen LogP contribution in [0.2, 0.25) is 10.0 Å². The molecule has 0 aliphatic carbocycles. The lowest BCUT2D eigenvalue weighted by Gasteiger charge is -2.21. The molecule has 0 heterocycles. The molecular weight excluding hydrogens is 355 g/mol. The molecule has 4 nitrogen and oxygen atoms in total. The largest absolute Gasteiger partial charge is 0.327 e. The van der Waals surface area contributed by atoms with Crippen molar-refractivity contribution in [3.63, 3.8) is 0 Å². The van der Waals surface area contributed by atoms with Crippen LogP contribution in [0.15, 0.2) is 23.1 Å². The maximum Gasteiger partial charge on any atom is 0.244 e. The molecule has 0 saturated heterocycles. The predicted molar refractivity (Wildman–Crippen MR) is 91.0 cm³/mol. The summed E-state index contributed by atoms with van der Waals surface area (Å²) >= 11 is 11.8. The Morgan fingerprint density at radius 1 is 1.29 bits per heavy atom. The molecule has 122 valence electrons. The average molecular weight is 376 g/mol. The van der Waals surface area contributed by atoms with Gasteiger partial charge in [-0.2, -0.15) is 0 Å². The van der Waals surface area contributed by atoms with E-state index in [0.717, 1.165) is 0 Å². The van der Waals surface area contributed by atoms with Gasteiger partial charge in [-0.25, -0.2) is 12.7 Å². The summed E-state index contributed by atoms with van der Waals surface area (Å²) in [5.74, 6) is 0.306. The number of nitrogens with zero attached hydrogens (tertiary/aromatic N) is 1. The first-order valence-electron chi connectivity index (χ1n) is 6.33. The van der Waals surface area contributed by atoms with Gasteiger partial charge in [0.15, 0.2) is 0 Å². The van der Waals surface area contributed by atoms with Crippen LogP contribution >= 0.6 is 35.6 Å². The van der Waals surface area contributed by atoms with Crippen molar-refractivity contribution < 1.29 is 8.42 Å². The van der Waals surface area contributed by atoms with Crippen molar-refractivity contribution in [2.45, 2.75) is 31.2 Å². The fourth-order valence-electron chi connectivity index (χ4n) is 1.63. The fourth-order valence-corrected chi connectivity index (χ4v) is 3.55. The average Bonchev–Trinajstić information content (AvgIpc) is 2.37. The number of nitrogens with two attached hydrogens (primary N) is 1. The van der Waals surface area contributed by atoms with Gasteiger partial charge >= 0.3 is 0 Å². The van der Waals surface area contributed by atoms with E-state index in [4.69, 9.17) is 28.9 Å². The van der Waals surface area contributed by atoms with Crippen LogP contribution in [-0.2, 0) is 10.0 Å². The van der Waals surface area contributed by atoms with Crippen LogP contribution in [0.3, 0.4) is 0 Å². The molecule has 8 heteroatoms. The number of benzene rings is 1. The zero-order chi connectivity index (χ0) is 15.5. The number of hydrogen-bond donors (Lipinski definition) is 1. The highest BCUT2D eigenvalue weighted by Crippen LogP contribution is 2.27. The normalized spacial score (nSPS) is 13.3. The smallest absolute Gasteiger partial charge is 0.244 e. The van der Waals surface area contributed by atoms with Crippen molar-refractivity contribution in [3.8, 4) is 0 Å². The van der Waals surface area contributed by atoms with Gasteiger partial charge in [0.25, 0.3) is 0 Å². The van der Waals surface area contributed by atoms with Gasteiger partial charge in [0.05, 0.1) is 5.02 Å². The van der Waals surface area contributed by atoms with E-state index < -0.39 is 10.0 Å². The molecule has 2 N–H and O–H groups in total. The number of hydrogen-bond acceptors (Lipinski definition) is 3. The Kier molecular flexibility index (Phi) is 8.54. The van der Waals surface area contributed by atoms with Crippen molar-refractivity contribution in [1.29, 1.82) is 0 Å². The van der Waals surface area contributed by atoms with Crippen molar-refractivity contribution in [2.24, 2.45) is 11.7 Å². The van der Waals surface area contributed by atoms with Gasteiger partial charge in [-0.1, -0.05) is 37.0 Å². The summed E-state index contributed by atoms with van der Waals surface area (Å²) < 4.78 is 26.1. The predicted octanol–water partition coefficient (Wildman–Crippen LogP) is 3.41. The highest BCUT2D eigenvalue weighted by Gasteiger charge is 2.24. The Morgan fingerprint density at radius 3 is 2.38 bits per heavy atom. The van der Waals surface area contributed by atoms with E-state index in [1.807, 2.05) is 13.8 Å². The third kappa shape index (κ3) is 5.58. The second-order valence-corrected chi connectivity index (χ2v) is 7.95. The lowest BCUT2D eigenvalue weighted by molar-refractivity contribution is 0.397. The fraction of sp³-hybridized carbons (Fsp3) is 0.538. The van der Waals surface area contributed by atoms with Crippen molar-refractivity contribution in [2.75, 3.05) is 13.6 Å². The Hall–Kier alpha value is -0.0400. The molecule has 0 aliphatic heterocycles. The first kappa shape index (κ1) is 21.0. The summed E-state index contributed by atoms with van der Waals surface area (Å²) in [6, 6.07) is 4.35. The molecule has 1 atom stereocenters. The van der Waals surface area contributed by atoms with Crippen LogP contribution in [0.4, 0.5) is 0 Å². The Bertz CT molecular complexity index is 565. The molecule has 1 rings (SSSR count).